The van der Waals surface area contributed by atoms with E-state index in [1.165, 1.54) is 69.8 Å². The van der Waals surface area contributed by atoms with Gasteiger partial charge in [0.25, 0.3) is 0 Å². The van der Waals surface area contributed by atoms with Crippen molar-refractivity contribution in [1.29, 1.82) is 0 Å². The first-order chi connectivity index (χ1) is 37.1. The second-order valence-electron chi connectivity index (χ2n) is 24.6. The number of ether oxygens (including phenoxy) is 7. The van der Waals surface area contributed by atoms with E-state index in [9.17, 15) is 24.0 Å². The number of allylic oxidation sites excluding steroid dienone is 1. The average molecular weight is 1090 g/mol. The first-order valence-electron chi connectivity index (χ1n) is 31.4. The number of nitrogens with one attached hydrogen (secondary N) is 1. The highest BCUT2D eigenvalue weighted by molar-refractivity contribution is 5.70. The molecule has 0 aromatic rings. The second kappa shape index (κ2) is 36.7. The molecule has 444 valence electrons. The molecule has 14 nitrogen and oxygen atoms in total. The molecule has 0 aromatic carbocycles. The number of hydrogen-bond acceptors (Lipinski definition) is 13. The Labute approximate surface area is 467 Å². The Kier molecular flexibility index (Phi) is 31.4. The summed E-state index contributed by atoms with van der Waals surface area (Å²) in [4.78, 5) is 64.7. The van der Waals surface area contributed by atoms with Crippen molar-refractivity contribution in [2.75, 3.05) is 65.8 Å². The number of rotatable bonds is 39. The second-order valence-corrected chi connectivity index (χ2v) is 24.6. The van der Waals surface area contributed by atoms with E-state index in [0.29, 0.717) is 57.3 Å². The van der Waals surface area contributed by atoms with E-state index in [1.807, 2.05) is 0 Å². The Bertz CT molecular complexity index is 1740. The van der Waals surface area contributed by atoms with E-state index in [1.54, 1.807) is 0 Å². The number of fused-ring (bicyclic) bond motifs is 5. The lowest BCUT2D eigenvalue weighted by Gasteiger charge is -2.58. The van der Waals surface area contributed by atoms with Gasteiger partial charge in [-0.05, 0) is 143 Å². The first kappa shape index (κ1) is 66.0. The molecule has 0 aromatic heterocycles. The molecule has 0 spiro atoms. The minimum Gasteiger partial charge on any atom is -0.466 e. The van der Waals surface area contributed by atoms with Crippen LogP contribution in [0.5, 0.6) is 0 Å². The molecule has 4 aliphatic rings. The Morgan fingerprint density at radius 1 is 0.623 bits per heavy atom. The zero-order chi connectivity index (χ0) is 55.9. The number of hydrogen-bond donors (Lipinski definition) is 1. The van der Waals surface area contributed by atoms with E-state index in [0.717, 1.165) is 132 Å². The van der Waals surface area contributed by atoms with Gasteiger partial charge in [0.15, 0.2) is 0 Å². The van der Waals surface area contributed by atoms with Crippen molar-refractivity contribution in [3.05, 3.63) is 11.6 Å². The van der Waals surface area contributed by atoms with E-state index in [-0.39, 0.29) is 50.3 Å². The molecule has 0 bridgehead atoms. The third-order valence-corrected chi connectivity index (χ3v) is 18.5. The van der Waals surface area contributed by atoms with Gasteiger partial charge in [-0.3, -0.25) is 9.59 Å². The van der Waals surface area contributed by atoms with E-state index >= 15 is 0 Å². The van der Waals surface area contributed by atoms with Crippen LogP contribution in [0.15, 0.2) is 11.6 Å². The molecule has 1 unspecified atom stereocenters. The third-order valence-electron chi connectivity index (χ3n) is 18.5. The molecule has 0 radical (unpaired) electrons. The highest BCUT2D eigenvalue weighted by Crippen LogP contribution is 2.67. The van der Waals surface area contributed by atoms with Gasteiger partial charge in [0.05, 0.1) is 25.7 Å². The van der Waals surface area contributed by atoms with Crippen LogP contribution in [0, 0.1) is 52.3 Å². The molecule has 0 heterocycles. The molecule has 9 atom stereocenters. The molecule has 4 rings (SSSR count). The number of esters is 2. The van der Waals surface area contributed by atoms with Gasteiger partial charge in [-0.2, -0.15) is 0 Å². The topological polar surface area (TPSA) is 165 Å². The van der Waals surface area contributed by atoms with Gasteiger partial charge in [0, 0.05) is 32.4 Å². The lowest BCUT2D eigenvalue weighted by molar-refractivity contribution is -0.146. The average Bonchev–Trinajstić information content (AvgIpc) is 3.94. The van der Waals surface area contributed by atoms with Crippen LogP contribution < -0.4 is 5.32 Å². The number of unbranched alkanes of at least 4 members (excludes halogenated alkanes) is 11. The number of carbonyl (C=O) groups is 5. The number of alkyl carbamates (subject to hydrolysis) is 1. The Balaban J connectivity index is 1.05. The number of carbonyl (C=O) groups excluding carboxylic acids is 5. The normalized spacial score (nSPS) is 24.4. The summed E-state index contributed by atoms with van der Waals surface area (Å²) < 4.78 is 38.3. The monoisotopic (exact) mass is 1090 g/mol. The molecular formula is C63H110N2O12. The quantitative estimate of drug-likeness (QED) is 0.0268. The zero-order valence-electron chi connectivity index (χ0n) is 49.9. The van der Waals surface area contributed by atoms with Gasteiger partial charge in [-0.1, -0.05) is 144 Å². The highest BCUT2D eigenvalue weighted by Gasteiger charge is 2.59. The summed E-state index contributed by atoms with van der Waals surface area (Å²) in [5.41, 5.74) is 2.22. The lowest BCUT2D eigenvalue weighted by atomic mass is 9.47. The summed E-state index contributed by atoms with van der Waals surface area (Å²) in [5, 5.41) is 2.78. The fourth-order valence-corrected chi connectivity index (χ4v) is 13.8. The molecule has 1 amide bonds. The summed E-state index contributed by atoms with van der Waals surface area (Å²) in [6.07, 6.45) is 28.1. The van der Waals surface area contributed by atoms with Gasteiger partial charge >= 0.3 is 30.3 Å². The largest absolute Gasteiger partial charge is 0.508 e. The van der Waals surface area contributed by atoms with Crippen molar-refractivity contribution >= 4 is 30.3 Å². The van der Waals surface area contributed by atoms with Gasteiger partial charge in [0.1, 0.15) is 25.9 Å². The summed E-state index contributed by atoms with van der Waals surface area (Å²) in [7, 11) is 0. The van der Waals surface area contributed by atoms with E-state index in [2.05, 4.69) is 71.7 Å². The van der Waals surface area contributed by atoms with Crippen LogP contribution in [-0.2, 0) is 42.7 Å². The summed E-state index contributed by atoms with van der Waals surface area (Å²) in [6.45, 7) is 22.5. The summed E-state index contributed by atoms with van der Waals surface area (Å²) in [5.74, 6) is 3.64. The Hall–Kier alpha value is -3.55. The van der Waals surface area contributed by atoms with Crippen LogP contribution in [0.2, 0.25) is 0 Å². The van der Waals surface area contributed by atoms with Crippen LogP contribution in [-0.4, -0.2) is 107 Å². The molecule has 0 saturated heterocycles. The number of nitrogens with zero attached hydrogens (tertiary/aromatic N) is 1. The zero-order valence-corrected chi connectivity index (χ0v) is 49.9. The highest BCUT2D eigenvalue weighted by atomic mass is 16.7. The standard InChI is InChI=1S/C63H110N2O12/c1-9-12-13-17-23-41-71-57(66)29-20-19-21-30-58(67)74-45-50(47-76-60(69)72-43-26-40-65(10-2)11-3)46-75-59(68)64-39-22-16-14-15-18-24-42-73-61(70)77-52-35-37-62(7)51(44-52)31-32-53-55-34-33-54(49(6)28-25-27-48(4)5)63(55,8)38-36-56(53)62/h31,48-50,52-56H,9-30,32-47H2,1-8H3,(H,64,68)/t49-,50?,52+,53+,54-,55+,56+,62+,63-/m1/s1. The van der Waals surface area contributed by atoms with Crippen molar-refractivity contribution < 1.29 is 57.1 Å². The van der Waals surface area contributed by atoms with Gasteiger partial charge < -0.3 is 43.4 Å². The molecule has 1 N–H and O–H groups in total. The maximum atomic E-state index is 12.8. The Morgan fingerprint density at radius 2 is 1.25 bits per heavy atom. The van der Waals surface area contributed by atoms with Crippen LogP contribution in [0.1, 0.15) is 235 Å². The van der Waals surface area contributed by atoms with Gasteiger partial charge in [0.2, 0.25) is 0 Å². The molecule has 4 aliphatic carbocycles. The predicted molar refractivity (Wildman–Crippen MR) is 303 cm³/mol. The Morgan fingerprint density at radius 3 is 1.96 bits per heavy atom. The van der Waals surface area contributed by atoms with Crippen LogP contribution in [0.4, 0.5) is 14.4 Å². The molecular weight excluding hydrogens is 977 g/mol. The third kappa shape index (κ3) is 23.6. The van der Waals surface area contributed by atoms with Crippen LogP contribution >= 0.6 is 0 Å². The van der Waals surface area contributed by atoms with Crippen molar-refractivity contribution in [2.24, 2.45) is 52.3 Å². The van der Waals surface area contributed by atoms with Gasteiger partial charge in [-0.25, -0.2) is 14.4 Å². The van der Waals surface area contributed by atoms with E-state index in [4.69, 9.17) is 33.2 Å². The molecule has 3 fully saturated rings. The fraction of sp³-hybridized carbons (Fsp3) is 0.889. The van der Waals surface area contributed by atoms with Crippen molar-refractivity contribution in [3.63, 3.8) is 0 Å². The summed E-state index contributed by atoms with van der Waals surface area (Å²) >= 11 is 0. The number of amides is 1. The maximum Gasteiger partial charge on any atom is 0.508 e. The molecule has 14 heteroatoms. The first-order valence-corrected chi connectivity index (χ1v) is 31.4. The molecule has 77 heavy (non-hydrogen) atoms. The maximum absolute atomic E-state index is 12.8. The van der Waals surface area contributed by atoms with Crippen molar-refractivity contribution in [2.45, 2.75) is 241 Å². The molecule has 3 saturated carbocycles. The van der Waals surface area contributed by atoms with Gasteiger partial charge in [-0.15, -0.1) is 0 Å². The SMILES string of the molecule is CCCCCCCOC(=O)CCCCCC(=O)OCC(COC(=O)NCCCCCCCCOC(=O)O[C@H]1CC[C@@]2(C)C(=CC[C@H]3[C@@H]4CC[C@H]([C@H](C)CCCC(C)C)[C@@]4(C)CC[C@@H]32)C1)COC(=O)OCCCN(CC)CC. The minimum atomic E-state index is -0.826. The molecule has 0 aliphatic heterocycles. The van der Waals surface area contributed by atoms with Crippen molar-refractivity contribution in [3.8, 4) is 0 Å². The fourth-order valence-electron chi connectivity index (χ4n) is 13.8. The minimum absolute atomic E-state index is 0.101. The smallest absolute Gasteiger partial charge is 0.466 e. The predicted octanol–water partition coefficient (Wildman–Crippen LogP) is 15.1. The lowest BCUT2D eigenvalue weighted by Crippen LogP contribution is -2.51. The van der Waals surface area contributed by atoms with Crippen LogP contribution in [0.25, 0.3) is 0 Å². The van der Waals surface area contributed by atoms with Crippen LogP contribution in [0.3, 0.4) is 0 Å². The van der Waals surface area contributed by atoms with E-state index < -0.39 is 30.3 Å². The summed E-state index contributed by atoms with van der Waals surface area (Å²) in [6, 6.07) is 0. The van der Waals surface area contributed by atoms with Crippen molar-refractivity contribution in [1.82, 2.24) is 10.2 Å².